The average Bonchev–Trinajstić information content (AvgIpc) is 2.93. The highest BCUT2D eigenvalue weighted by molar-refractivity contribution is 8.00. The first kappa shape index (κ1) is 50.4. The third-order valence-electron chi connectivity index (χ3n) is 6.37. The summed E-state index contributed by atoms with van der Waals surface area (Å²) in [5, 5.41) is 25.4. The molecule has 0 saturated heterocycles. The minimum Gasteiger partial charge on any atom is -0.481 e. The average molecular weight is 711 g/mol. The summed E-state index contributed by atoms with van der Waals surface area (Å²) in [4.78, 5) is 52.3. The molecule has 0 bridgehead atoms. The van der Waals surface area contributed by atoms with E-state index in [2.05, 4.69) is 41.5 Å². The van der Waals surface area contributed by atoms with E-state index in [9.17, 15) is 14.4 Å². The topological polar surface area (TPSA) is 190 Å². The molecular formula is C30H63O10PS3. The van der Waals surface area contributed by atoms with E-state index in [1.807, 2.05) is 0 Å². The van der Waals surface area contributed by atoms with Crippen LogP contribution in [0.25, 0.3) is 0 Å². The summed E-state index contributed by atoms with van der Waals surface area (Å²) >= 11 is 4.63. The van der Waals surface area contributed by atoms with Crippen molar-refractivity contribution in [3.05, 3.63) is 0 Å². The lowest BCUT2D eigenvalue weighted by atomic mass is 10.0. The highest BCUT2D eigenvalue weighted by Crippen LogP contribution is 2.26. The smallest absolute Gasteiger partial charge is 0.466 e. The zero-order valence-corrected chi connectivity index (χ0v) is 31.3. The molecule has 0 aromatic rings. The molecule has 14 heteroatoms. The van der Waals surface area contributed by atoms with E-state index in [4.69, 9.17) is 34.6 Å². The third-order valence-corrected chi connectivity index (χ3v) is 9.84. The molecule has 44 heavy (non-hydrogen) atoms. The second-order valence-electron chi connectivity index (χ2n) is 10.5. The maximum atomic E-state index is 10.3. The Morgan fingerprint density at radius 3 is 0.864 bits per heavy atom. The molecule has 0 rings (SSSR count). The Morgan fingerprint density at radius 2 is 0.727 bits per heavy atom. The fourth-order valence-electron chi connectivity index (χ4n) is 3.63. The number of phosphoric acid groups is 1. The molecule has 0 aliphatic rings. The van der Waals surface area contributed by atoms with Gasteiger partial charge in [0, 0.05) is 0 Å². The van der Waals surface area contributed by atoms with Gasteiger partial charge in [-0.15, -0.1) is 35.3 Å². The molecule has 3 atom stereocenters. The number of hydrogen-bond donors (Lipinski definition) is 6. The van der Waals surface area contributed by atoms with Gasteiger partial charge in [-0.25, -0.2) is 4.57 Å². The Balaban J connectivity index is -0.000000253. The second-order valence-corrected chi connectivity index (χ2v) is 14.6. The van der Waals surface area contributed by atoms with Crippen LogP contribution in [0.5, 0.6) is 0 Å². The van der Waals surface area contributed by atoms with Crippen molar-refractivity contribution in [2.75, 3.05) is 34.5 Å². The monoisotopic (exact) mass is 710 g/mol. The lowest BCUT2D eigenvalue weighted by Gasteiger charge is -2.12. The number of hydrogen-bond acceptors (Lipinski definition) is 7. The van der Waals surface area contributed by atoms with Gasteiger partial charge in [-0.3, -0.25) is 14.4 Å². The number of carboxylic acids is 3. The highest BCUT2D eigenvalue weighted by Gasteiger charge is 2.09. The predicted octanol–water partition coefficient (Wildman–Crippen LogP) is 8.13. The van der Waals surface area contributed by atoms with Crippen molar-refractivity contribution in [1.29, 1.82) is 0 Å². The first-order chi connectivity index (χ1) is 20.6. The van der Waals surface area contributed by atoms with Crippen LogP contribution in [0, 0.1) is 17.8 Å². The summed E-state index contributed by atoms with van der Waals surface area (Å²) in [7, 11) is -4.64. The first-order valence-corrected chi connectivity index (χ1v) is 20.8. The van der Waals surface area contributed by atoms with Crippen LogP contribution in [0.3, 0.4) is 0 Å². The molecule has 0 aromatic heterocycles. The number of carboxylic acid groups (broad SMARTS) is 3. The molecule has 0 saturated carbocycles. The number of unbranched alkanes of at least 4 members (excludes halogenated alkanes) is 3. The van der Waals surface area contributed by atoms with Gasteiger partial charge in [-0.1, -0.05) is 99.3 Å². The van der Waals surface area contributed by atoms with E-state index < -0.39 is 25.7 Å². The Kier molecular flexibility index (Phi) is 42.4. The van der Waals surface area contributed by atoms with Crippen LogP contribution in [0.15, 0.2) is 0 Å². The lowest BCUT2D eigenvalue weighted by Crippen LogP contribution is -2.06. The van der Waals surface area contributed by atoms with Gasteiger partial charge in [-0.2, -0.15) is 0 Å². The van der Waals surface area contributed by atoms with Gasteiger partial charge in [0.2, 0.25) is 0 Å². The summed E-state index contributed by atoms with van der Waals surface area (Å²) in [6.07, 6.45) is 14.8. The molecule has 0 aliphatic carbocycles. The van der Waals surface area contributed by atoms with Gasteiger partial charge in [0.05, 0.1) is 17.3 Å². The van der Waals surface area contributed by atoms with Crippen molar-refractivity contribution >= 4 is 61.0 Å². The van der Waals surface area contributed by atoms with Gasteiger partial charge in [0.15, 0.2) is 0 Å². The number of aliphatic carboxylic acids is 3. The van der Waals surface area contributed by atoms with Gasteiger partial charge in [-0.05, 0) is 54.3 Å². The van der Waals surface area contributed by atoms with Crippen LogP contribution in [0.2, 0.25) is 0 Å². The number of carbonyl (C=O) groups is 3. The second kappa shape index (κ2) is 37.0. The molecule has 0 aliphatic heterocycles. The van der Waals surface area contributed by atoms with Crippen molar-refractivity contribution in [3.8, 4) is 0 Å². The van der Waals surface area contributed by atoms with Crippen LogP contribution >= 0.6 is 43.1 Å². The summed E-state index contributed by atoms with van der Waals surface area (Å²) < 4.78 is 8.88. The predicted molar refractivity (Wildman–Crippen MR) is 189 cm³/mol. The Morgan fingerprint density at radius 1 is 0.523 bits per heavy atom. The Labute approximate surface area is 280 Å². The molecule has 0 spiro atoms. The van der Waals surface area contributed by atoms with E-state index in [1.165, 1.54) is 77.0 Å². The van der Waals surface area contributed by atoms with Gasteiger partial charge in [0.25, 0.3) is 0 Å². The minimum atomic E-state index is -4.64. The molecule has 10 nitrogen and oxygen atoms in total. The summed E-state index contributed by atoms with van der Waals surface area (Å²) in [6.45, 7) is 13.1. The van der Waals surface area contributed by atoms with E-state index in [1.54, 1.807) is 35.3 Å². The van der Waals surface area contributed by atoms with Gasteiger partial charge < -0.3 is 30.0 Å². The van der Waals surface area contributed by atoms with Gasteiger partial charge >= 0.3 is 25.7 Å². The molecule has 3 unspecified atom stereocenters. The lowest BCUT2D eigenvalue weighted by molar-refractivity contribution is -0.134. The molecule has 266 valence electrons. The van der Waals surface area contributed by atoms with Crippen LogP contribution in [0.4, 0.5) is 0 Å². The van der Waals surface area contributed by atoms with Crippen molar-refractivity contribution < 1.29 is 48.9 Å². The van der Waals surface area contributed by atoms with E-state index in [0.29, 0.717) is 17.8 Å². The Bertz CT molecular complexity index is 626. The Hall–Kier alpha value is -0.430. The minimum absolute atomic E-state index is 0.253. The molecule has 0 aromatic carbocycles. The molecular weight excluding hydrogens is 647 g/mol. The van der Waals surface area contributed by atoms with E-state index in [0.717, 1.165) is 17.3 Å². The zero-order chi connectivity index (χ0) is 34.8. The molecule has 0 fully saturated rings. The summed E-state index contributed by atoms with van der Waals surface area (Å²) in [5.74, 6) is 3.81. The molecule has 6 N–H and O–H groups in total. The molecule has 0 heterocycles. The van der Waals surface area contributed by atoms with Crippen LogP contribution in [0.1, 0.15) is 119 Å². The third kappa shape index (κ3) is 54.1. The van der Waals surface area contributed by atoms with Crippen LogP contribution in [-0.4, -0.2) is 82.4 Å². The molecule has 0 amide bonds. The summed E-state index contributed by atoms with van der Waals surface area (Å²) in [5.41, 5.74) is 0. The van der Waals surface area contributed by atoms with E-state index in [-0.39, 0.29) is 17.3 Å². The fourth-order valence-corrected chi connectivity index (χ4v) is 6.72. The normalized spacial score (nSPS) is 12.7. The largest absolute Gasteiger partial charge is 0.481 e. The van der Waals surface area contributed by atoms with Crippen LogP contribution in [-0.2, 0) is 18.9 Å². The van der Waals surface area contributed by atoms with Gasteiger partial charge in [0.1, 0.15) is 0 Å². The fraction of sp³-hybridized carbons (Fsp3) is 0.900. The van der Waals surface area contributed by atoms with Crippen molar-refractivity contribution in [2.24, 2.45) is 17.8 Å². The SMILES string of the molecule is CCCCC(CC)CSCC(=O)O.CCCCC(CC)CSCC(=O)O.CCCCC(CC)CSCC(=O)O.O=P(O)(O)O. The van der Waals surface area contributed by atoms with Crippen molar-refractivity contribution in [3.63, 3.8) is 0 Å². The highest BCUT2D eigenvalue weighted by atomic mass is 32.2. The number of thioether (sulfide) groups is 3. The maximum Gasteiger partial charge on any atom is 0.466 e. The van der Waals surface area contributed by atoms with Crippen LogP contribution < -0.4 is 0 Å². The van der Waals surface area contributed by atoms with Crippen molar-refractivity contribution in [1.82, 2.24) is 0 Å². The number of rotatable bonds is 24. The quantitative estimate of drug-likeness (QED) is 0.0527. The van der Waals surface area contributed by atoms with E-state index >= 15 is 0 Å². The standard InChI is InChI=1S/3C10H20O2S.H3O4P/c3*1-3-5-6-9(4-2)7-13-8-10(11)12;1-5(2,3)4/h3*9H,3-8H2,1-2H3,(H,11,12);(H3,1,2,3,4). The first-order valence-electron chi connectivity index (χ1n) is 15.8. The van der Waals surface area contributed by atoms with Crippen molar-refractivity contribution in [2.45, 2.75) is 119 Å². The molecule has 0 radical (unpaired) electrons. The summed E-state index contributed by atoms with van der Waals surface area (Å²) in [6, 6.07) is 0. The maximum absolute atomic E-state index is 10.3. The zero-order valence-electron chi connectivity index (χ0n) is 27.9.